The highest BCUT2D eigenvalue weighted by Crippen LogP contribution is 2.43. The Kier molecular flexibility index (Phi) is 2.50. The van der Waals surface area contributed by atoms with E-state index in [1.165, 1.54) is 36.8 Å². The van der Waals surface area contributed by atoms with Gasteiger partial charge in [-0.05, 0) is 54.1 Å². The third-order valence-electron chi connectivity index (χ3n) is 3.58. The molecule has 2 fully saturated rings. The highest BCUT2D eigenvalue weighted by molar-refractivity contribution is 6.61. The SMILES string of the molecule is NOB(O)c1c(C2CC2)cccc1C1CC1. The quantitative estimate of drug-likeness (QED) is 0.584. The van der Waals surface area contributed by atoms with Crippen molar-refractivity contribution in [3.05, 3.63) is 29.3 Å². The van der Waals surface area contributed by atoms with Gasteiger partial charge in [-0.1, -0.05) is 18.2 Å². The molecule has 0 bridgehead atoms. The molecule has 0 aliphatic heterocycles. The van der Waals surface area contributed by atoms with E-state index < -0.39 is 7.12 Å². The molecule has 3 rings (SSSR count). The molecule has 0 atom stereocenters. The van der Waals surface area contributed by atoms with Crippen molar-refractivity contribution in [3.8, 4) is 0 Å². The minimum absolute atomic E-state index is 0.610. The van der Waals surface area contributed by atoms with Crippen LogP contribution in [0.15, 0.2) is 18.2 Å². The fourth-order valence-corrected chi connectivity index (χ4v) is 2.46. The summed E-state index contributed by atoms with van der Waals surface area (Å²) >= 11 is 0. The number of rotatable bonds is 4. The molecular weight excluding hydrogens is 201 g/mol. The van der Waals surface area contributed by atoms with Gasteiger partial charge >= 0.3 is 7.12 Å². The molecule has 3 nitrogen and oxygen atoms in total. The van der Waals surface area contributed by atoms with Gasteiger partial charge < -0.3 is 9.78 Å². The summed E-state index contributed by atoms with van der Waals surface area (Å²) in [5.74, 6) is 6.35. The van der Waals surface area contributed by atoms with E-state index >= 15 is 0 Å². The van der Waals surface area contributed by atoms with Crippen LogP contribution in [0.25, 0.3) is 0 Å². The van der Waals surface area contributed by atoms with E-state index in [0.29, 0.717) is 11.8 Å². The lowest BCUT2D eigenvalue weighted by Crippen LogP contribution is -2.40. The van der Waals surface area contributed by atoms with Crippen LogP contribution in [0.1, 0.15) is 48.6 Å². The van der Waals surface area contributed by atoms with Crippen molar-refractivity contribution in [2.75, 3.05) is 0 Å². The summed E-state index contributed by atoms with van der Waals surface area (Å²) in [6, 6.07) is 6.29. The maximum Gasteiger partial charge on any atom is 0.508 e. The Morgan fingerprint density at radius 1 is 1.12 bits per heavy atom. The summed E-state index contributed by atoms with van der Waals surface area (Å²) < 4.78 is 4.63. The van der Waals surface area contributed by atoms with Crippen LogP contribution in [0.4, 0.5) is 0 Å². The first-order chi connectivity index (χ1) is 7.81. The summed E-state index contributed by atoms with van der Waals surface area (Å²) in [5.41, 5.74) is 3.42. The first kappa shape index (κ1) is 10.3. The van der Waals surface area contributed by atoms with E-state index in [2.05, 4.69) is 23.0 Å². The summed E-state index contributed by atoms with van der Waals surface area (Å²) in [7, 11) is -0.965. The van der Waals surface area contributed by atoms with Gasteiger partial charge in [-0.2, -0.15) is 0 Å². The van der Waals surface area contributed by atoms with Crippen molar-refractivity contribution in [2.45, 2.75) is 37.5 Å². The Balaban J connectivity index is 2.05. The lowest BCUT2D eigenvalue weighted by atomic mass is 9.71. The second kappa shape index (κ2) is 3.88. The Morgan fingerprint density at radius 2 is 1.62 bits per heavy atom. The van der Waals surface area contributed by atoms with Gasteiger partial charge in [0.25, 0.3) is 0 Å². The van der Waals surface area contributed by atoms with Gasteiger partial charge in [0.2, 0.25) is 0 Å². The van der Waals surface area contributed by atoms with Crippen molar-refractivity contribution in [3.63, 3.8) is 0 Å². The monoisotopic (exact) mass is 217 g/mol. The molecule has 0 saturated heterocycles. The smallest absolute Gasteiger partial charge is 0.422 e. The number of hydrogen-bond donors (Lipinski definition) is 2. The molecule has 0 radical (unpaired) electrons. The van der Waals surface area contributed by atoms with Gasteiger partial charge in [0.1, 0.15) is 0 Å². The fraction of sp³-hybridized carbons (Fsp3) is 0.500. The molecular formula is C12H16BNO2. The standard InChI is InChI=1S/C12H16BNO2/c14-16-13(15)12-10(8-4-5-8)2-1-3-11(12)9-6-7-9/h1-3,8-9,15H,4-7,14H2. The van der Waals surface area contributed by atoms with Crippen LogP contribution < -0.4 is 11.4 Å². The Labute approximate surface area is 95.7 Å². The maximum atomic E-state index is 9.90. The van der Waals surface area contributed by atoms with Crippen LogP contribution in [0.5, 0.6) is 0 Å². The number of benzene rings is 1. The third-order valence-corrected chi connectivity index (χ3v) is 3.58. The second-order valence-corrected chi connectivity index (χ2v) is 4.89. The average molecular weight is 217 g/mol. The molecule has 3 N–H and O–H groups in total. The van der Waals surface area contributed by atoms with Gasteiger partial charge in [0, 0.05) is 0 Å². The summed E-state index contributed by atoms with van der Waals surface area (Å²) in [6.07, 6.45) is 4.88. The lowest BCUT2D eigenvalue weighted by molar-refractivity contribution is 0.280. The Morgan fingerprint density at radius 3 is 2.00 bits per heavy atom. The third kappa shape index (κ3) is 1.77. The zero-order valence-electron chi connectivity index (χ0n) is 9.23. The van der Waals surface area contributed by atoms with Crippen LogP contribution in [-0.4, -0.2) is 12.1 Å². The first-order valence-electron chi connectivity index (χ1n) is 5.97. The van der Waals surface area contributed by atoms with E-state index in [0.717, 1.165) is 5.46 Å². The molecule has 0 heterocycles. The fourth-order valence-electron chi connectivity index (χ4n) is 2.46. The minimum atomic E-state index is -0.965. The molecule has 2 saturated carbocycles. The molecule has 0 unspecified atom stereocenters. The van der Waals surface area contributed by atoms with E-state index in [1.54, 1.807) is 0 Å². The first-order valence-corrected chi connectivity index (χ1v) is 5.97. The van der Waals surface area contributed by atoms with Crippen LogP contribution in [0.3, 0.4) is 0 Å². The Bertz CT molecular complexity index is 372. The van der Waals surface area contributed by atoms with Crippen molar-refractivity contribution in [2.24, 2.45) is 5.90 Å². The summed E-state index contributed by atoms with van der Waals surface area (Å²) in [5, 5.41) is 9.90. The zero-order valence-corrected chi connectivity index (χ0v) is 9.23. The summed E-state index contributed by atoms with van der Waals surface area (Å²) in [4.78, 5) is 0. The average Bonchev–Trinajstić information content (AvgIpc) is 3.20. The summed E-state index contributed by atoms with van der Waals surface area (Å²) in [6.45, 7) is 0. The molecule has 2 aliphatic carbocycles. The van der Waals surface area contributed by atoms with Crippen molar-refractivity contribution >= 4 is 12.6 Å². The molecule has 2 aliphatic rings. The topological polar surface area (TPSA) is 55.5 Å². The van der Waals surface area contributed by atoms with E-state index in [4.69, 9.17) is 5.90 Å². The molecule has 4 heteroatoms. The largest absolute Gasteiger partial charge is 0.508 e. The van der Waals surface area contributed by atoms with Gasteiger partial charge in [0.05, 0.1) is 0 Å². The molecule has 16 heavy (non-hydrogen) atoms. The number of hydrogen-bond acceptors (Lipinski definition) is 3. The van der Waals surface area contributed by atoms with Crippen LogP contribution in [0.2, 0.25) is 0 Å². The highest BCUT2D eigenvalue weighted by atomic mass is 16.6. The molecule has 0 spiro atoms. The van der Waals surface area contributed by atoms with E-state index in [-0.39, 0.29) is 0 Å². The highest BCUT2D eigenvalue weighted by Gasteiger charge is 2.36. The van der Waals surface area contributed by atoms with Crippen molar-refractivity contribution in [1.82, 2.24) is 0 Å². The molecule has 1 aromatic rings. The van der Waals surface area contributed by atoms with Crippen LogP contribution >= 0.6 is 0 Å². The molecule has 1 aromatic carbocycles. The van der Waals surface area contributed by atoms with Gasteiger partial charge in [-0.15, -0.1) is 0 Å². The van der Waals surface area contributed by atoms with Gasteiger partial charge in [-0.3, -0.25) is 0 Å². The van der Waals surface area contributed by atoms with Gasteiger partial charge in [0.15, 0.2) is 0 Å². The van der Waals surface area contributed by atoms with Crippen LogP contribution in [-0.2, 0) is 4.76 Å². The normalized spacial score (nSPS) is 19.9. The maximum absolute atomic E-state index is 9.90. The van der Waals surface area contributed by atoms with Gasteiger partial charge in [-0.25, -0.2) is 5.90 Å². The second-order valence-electron chi connectivity index (χ2n) is 4.89. The zero-order chi connectivity index (χ0) is 11.1. The Hall–Kier alpha value is -0.835. The molecule has 84 valence electrons. The van der Waals surface area contributed by atoms with Crippen molar-refractivity contribution < 1.29 is 9.78 Å². The predicted molar refractivity (Wildman–Crippen MR) is 63.3 cm³/mol. The van der Waals surface area contributed by atoms with Crippen molar-refractivity contribution in [1.29, 1.82) is 0 Å². The van der Waals surface area contributed by atoms with E-state index in [9.17, 15) is 5.02 Å². The molecule has 0 aromatic heterocycles. The lowest BCUT2D eigenvalue weighted by Gasteiger charge is -2.15. The number of nitrogens with two attached hydrogens (primary N) is 1. The van der Waals surface area contributed by atoms with E-state index in [1.807, 2.05) is 0 Å². The predicted octanol–water partition coefficient (Wildman–Crippen LogP) is 1.02. The van der Waals surface area contributed by atoms with Crippen LogP contribution in [0, 0.1) is 0 Å². The minimum Gasteiger partial charge on any atom is -0.422 e. The molecule has 0 amide bonds.